The second kappa shape index (κ2) is 7.86. The quantitative estimate of drug-likeness (QED) is 0.606. The minimum atomic E-state index is -2.90. The Morgan fingerprint density at radius 1 is 1.36 bits per heavy atom. The number of nitrogens with one attached hydrogen (secondary N) is 2. The third-order valence-corrected chi connectivity index (χ3v) is 4.56. The standard InChI is InChI=1S/C17H23F2N3O3/c1-20-17(22-12-8-11-4-6-13(12)24-11)21-9-10-3-5-14(23-2)15(7-10)25-16(18)19/h3,5,7,11-13,16H,4,6,8-9H2,1-2H3,(H2,20,21,22). The molecule has 2 saturated heterocycles. The van der Waals surface area contributed by atoms with E-state index in [-0.39, 0.29) is 23.6 Å². The molecule has 2 heterocycles. The molecule has 2 aliphatic heterocycles. The number of hydrogen-bond acceptors (Lipinski definition) is 4. The molecule has 1 aromatic rings. The smallest absolute Gasteiger partial charge is 0.387 e. The fourth-order valence-electron chi connectivity index (χ4n) is 3.36. The summed E-state index contributed by atoms with van der Waals surface area (Å²) in [6, 6.07) is 5.19. The molecule has 0 saturated carbocycles. The van der Waals surface area contributed by atoms with Crippen molar-refractivity contribution in [2.75, 3.05) is 14.2 Å². The summed E-state index contributed by atoms with van der Waals surface area (Å²) < 4.78 is 40.4. The zero-order valence-corrected chi connectivity index (χ0v) is 14.3. The average molecular weight is 355 g/mol. The van der Waals surface area contributed by atoms with E-state index in [1.54, 1.807) is 19.2 Å². The largest absolute Gasteiger partial charge is 0.493 e. The van der Waals surface area contributed by atoms with E-state index in [1.807, 2.05) is 0 Å². The van der Waals surface area contributed by atoms with Gasteiger partial charge in [-0.3, -0.25) is 4.99 Å². The number of halogens is 2. The van der Waals surface area contributed by atoms with Crippen LogP contribution in [0.4, 0.5) is 8.78 Å². The SMILES string of the molecule is CN=C(NCc1ccc(OC)c(OC(F)F)c1)NC1CC2CCC1O2. The van der Waals surface area contributed by atoms with E-state index in [9.17, 15) is 8.78 Å². The fraction of sp³-hybridized carbons (Fsp3) is 0.588. The van der Waals surface area contributed by atoms with Gasteiger partial charge >= 0.3 is 6.61 Å². The van der Waals surface area contributed by atoms with E-state index >= 15 is 0 Å². The highest BCUT2D eigenvalue weighted by Gasteiger charge is 2.41. The van der Waals surface area contributed by atoms with Crippen LogP contribution in [-0.2, 0) is 11.3 Å². The number of rotatable bonds is 6. The van der Waals surface area contributed by atoms with Crippen molar-refractivity contribution in [1.82, 2.24) is 10.6 Å². The lowest BCUT2D eigenvalue weighted by molar-refractivity contribution is -0.0512. The number of alkyl halides is 2. The highest BCUT2D eigenvalue weighted by molar-refractivity contribution is 5.80. The molecule has 0 amide bonds. The Balaban J connectivity index is 1.58. The summed E-state index contributed by atoms with van der Waals surface area (Å²) in [4.78, 5) is 4.22. The zero-order valence-electron chi connectivity index (χ0n) is 14.3. The van der Waals surface area contributed by atoms with Crippen LogP contribution in [-0.4, -0.2) is 45.0 Å². The summed E-state index contributed by atoms with van der Waals surface area (Å²) in [6.07, 6.45) is 3.80. The number of nitrogens with zero attached hydrogens (tertiary/aromatic N) is 1. The molecule has 2 bridgehead atoms. The highest BCUT2D eigenvalue weighted by atomic mass is 19.3. The van der Waals surface area contributed by atoms with Crippen molar-refractivity contribution in [3.63, 3.8) is 0 Å². The van der Waals surface area contributed by atoms with Gasteiger partial charge in [-0.1, -0.05) is 6.07 Å². The van der Waals surface area contributed by atoms with Crippen LogP contribution in [0.2, 0.25) is 0 Å². The molecule has 3 unspecified atom stereocenters. The van der Waals surface area contributed by atoms with Crippen LogP contribution in [0.25, 0.3) is 0 Å². The molecule has 25 heavy (non-hydrogen) atoms. The minimum absolute atomic E-state index is 0.0150. The minimum Gasteiger partial charge on any atom is -0.493 e. The van der Waals surface area contributed by atoms with E-state index in [0.717, 1.165) is 24.8 Å². The van der Waals surface area contributed by atoms with Crippen molar-refractivity contribution < 1.29 is 23.0 Å². The molecule has 2 N–H and O–H groups in total. The number of fused-ring (bicyclic) bond motifs is 2. The summed E-state index contributed by atoms with van der Waals surface area (Å²) in [5.41, 5.74) is 0.781. The Labute approximate surface area is 145 Å². The van der Waals surface area contributed by atoms with Gasteiger partial charge in [0, 0.05) is 13.6 Å². The summed E-state index contributed by atoms with van der Waals surface area (Å²) in [6.45, 7) is -2.48. The van der Waals surface area contributed by atoms with Crippen molar-refractivity contribution in [3.8, 4) is 11.5 Å². The predicted molar refractivity (Wildman–Crippen MR) is 89.3 cm³/mol. The number of benzene rings is 1. The Kier molecular flexibility index (Phi) is 5.57. The molecule has 2 aliphatic rings. The summed E-state index contributed by atoms with van der Waals surface area (Å²) in [5.74, 6) is 0.945. The summed E-state index contributed by atoms with van der Waals surface area (Å²) in [7, 11) is 3.11. The number of guanidine groups is 1. The van der Waals surface area contributed by atoms with E-state index in [1.165, 1.54) is 13.2 Å². The molecule has 3 rings (SSSR count). The van der Waals surface area contributed by atoms with Crippen LogP contribution in [0.3, 0.4) is 0 Å². The van der Waals surface area contributed by atoms with Gasteiger partial charge in [0.25, 0.3) is 0 Å². The van der Waals surface area contributed by atoms with Crippen molar-refractivity contribution in [2.24, 2.45) is 4.99 Å². The van der Waals surface area contributed by atoms with E-state index < -0.39 is 6.61 Å². The second-order valence-electron chi connectivity index (χ2n) is 6.15. The molecule has 2 fully saturated rings. The molecule has 0 spiro atoms. The van der Waals surface area contributed by atoms with E-state index in [0.29, 0.717) is 18.6 Å². The molecular weight excluding hydrogens is 332 g/mol. The van der Waals surface area contributed by atoms with Crippen LogP contribution in [0.5, 0.6) is 11.5 Å². The zero-order chi connectivity index (χ0) is 17.8. The number of aliphatic imine (C=N–C) groups is 1. The Hall–Kier alpha value is -2.09. The van der Waals surface area contributed by atoms with Crippen molar-refractivity contribution >= 4 is 5.96 Å². The van der Waals surface area contributed by atoms with Gasteiger partial charge in [0.15, 0.2) is 17.5 Å². The molecule has 0 aromatic heterocycles. The Bertz CT molecular complexity index is 627. The molecule has 8 heteroatoms. The third kappa shape index (κ3) is 4.31. The first-order valence-electron chi connectivity index (χ1n) is 8.33. The van der Waals surface area contributed by atoms with Crippen molar-refractivity contribution in [1.29, 1.82) is 0 Å². The normalized spacial score (nSPS) is 25.3. The first-order valence-corrected chi connectivity index (χ1v) is 8.33. The Morgan fingerprint density at radius 2 is 2.20 bits per heavy atom. The van der Waals surface area contributed by atoms with Crippen LogP contribution in [0.1, 0.15) is 24.8 Å². The average Bonchev–Trinajstić information content (AvgIpc) is 3.21. The maximum Gasteiger partial charge on any atom is 0.387 e. The van der Waals surface area contributed by atoms with Crippen molar-refractivity contribution in [2.45, 2.75) is 50.7 Å². The van der Waals surface area contributed by atoms with Gasteiger partial charge in [-0.15, -0.1) is 0 Å². The lowest BCUT2D eigenvalue weighted by atomic mass is 9.96. The van der Waals surface area contributed by atoms with Gasteiger partial charge in [-0.25, -0.2) is 0 Å². The Morgan fingerprint density at radius 3 is 2.80 bits per heavy atom. The second-order valence-corrected chi connectivity index (χ2v) is 6.15. The van der Waals surface area contributed by atoms with Crippen LogP contribution >= 0.6 is 0 Å². The van der Waals surface area contributed by atoms with Gasteiger partial charge in [0.2, 0.25) is 0 Å². The number of methoxy groups -OCH3 is 1. The molecule has 3 atom stereocenters. The number of hydrogen-bond donors (Lipinski definition) is 2. The maximum absolute atomic E-state index is 12.5. The van der Waals surface area contributed by atoms with E-state index in [4.69, 9.17) is 9.47 Å². The molecule has 0 radical (unpaired) electrons. The molecule has 1 aromatic carbocycles. The molecular formula is C17H23F2N3O3. The molecule has 138 valence electrons. The van der Waals surface area contributed by atoms with Crippen molar-refractivity contribution in [3.05, 3.63) is 23.8 Å². The van der Waals surface area contributed by atoms with Gasteiger partial charge in [-0.05, 0) is 37.0 Å². The van der Waals surface area contributed by atoms with Gasteiger partial charge in [0.05, 0.1) is 25.4 Å². The first kappa shape index (κ1) is 17.7. The van der Waals surface area contributed by atoms with Gasteiger partial charge in [0.1, 0.15) is 0 Å². The van der Waals surface area contributed by atoms with Crippen LogP contribution < -0.4 is 20.1 Å². The summed E-state index contributed by atoms with van der Waals surface area (Å²) in [5, 5.41) is 6.56. The van der Waals surface area contributed by atoms with Crippen LogP contribution in [0.15, 0.2) is 23.2 Å². The maximum atomic E-state index is 12.5. The predicted octanol–water partition coefficient (Wildman–Crippen LogP) is 2.28. The number of ether oxygens (including phenoxy) is 3. The lowest BCUT2D eigenvalue weighted by Gasteiger charge is -2.22. The fourth-order valence-corrected chi connectivity index (χ4v) is 3.36. The monoisotopic (exact) mass is 355 g/mol. The molecule has 0 aliphatic carbocycles. The summed E-state index contributed by atoms with van der Waals surface area (Å²) >= 11 is 0. The molecule has 6 nitrogen and oxygen atoms in total. The lowest BCUT2D eigenvalue weighted by Crippen LogP contribution is -2.47. The topological polar surface area (TPSA) is 64.1 Å². The third-order valence-electron chi connectivity index (χ3n) is 4.56. The van der Waals surface area contributed by atoms with Gasteiger partial charge in [-0.2, -0.15) is 8.78 Å². The van der Waals surface area contributed by atoms with Crippen LogP contribution in [0, 0.1) is 0 Å². The van der Waals surface area contributed by atoms with E-state index in [2.05, 4.69) is 20.4 Å². The van der Waals surface area contributed by atoms with Gasteiger partial charge < -0.3 is 24.8 Å². The first-order chi connectivity index (χ1) is 12.1. The highest BCUT2D eigenvalue weighted by Crippen LogP contribution is 2.34.